The number of halogens is 3. The van der Waals surface area contributed by atoms with Crippen LogP contribution in [0.25, 0.3) is 11.1 Å². The molecule has 0 spiro atoms. The number of hydrogen-bond donors (Lipinski definition) is 2. The van der Waals surface area contributed by atoms with E-state index in [-0.39, 0.29) is 0 Å². The van der Waals surface area contributed by atoms with Gasteiger partial charge in [-0.25, -0.2) is 0 Å². The predicted octanol–water partition coefficient (Wildman–Crippen LogP) is 4.41. The van der Waals surface area contributed by atoms with Crippen molar-refractivity contribution in [2.24, 2.45) is 5.73 Å². The number of nitrogens with one attached hydrogen (secondary N) is 1. The summed E-state index contributed by atoms with van der Waals surface area (Å²) in [6, 6.07) is 17.6. The van der Waals surface area contributed by atoms with Crippen LogP contribution in [0.15, 0.2) is 85.5 Å². The molecule has 160 valence electrons. The van der Waals surface area contributed by atoms with Crippen LogP contribution in [-0.4, -0.2) is 15.0 Å². The Kier molecular flexibility index (Phi) is 4.76. The number of alkyl halides is 3. The first-order chi connectivity index (χ1) is 15.4. The molecule has 0 saturated heterocycles. The van der Waals surface area contributed by atoms with E-state index in [2.05, 4.69) is 20.3 Å². The fourth-order valence-corrected chi connectivity index (χ4v) is 4.29. The van der Waals surface area contributed by atoms with Crippen molar-refractivity contribution in [3.63, 3.8) is 0 Å². The van der Waals surface area contributed by atoms with Gasteiger partial charge in [0.1, 0.15) is 11.9 Å². The van der Waals surface area contributed by atoms with E-state index < -0.39 is 23.6 Å². The van der Waals surface area contributed by atoms with Crippen LogP contribution in [0.5, 0.6) is 0 Å². The van der Waals surface area contributed by atoms with Crippen molar-refractivity contribution in [1.29, 1.82) is 0 Å². The number of benzene rings is 1. The first kappa shape index (κ1) is 20.3. The molecule has 2 unspecified atom stereocenters. The summed E-state index contributed by atoms with van der Waals surface area (Å²) in [6.07, 6.45) is 0.985. The van der Waals surface area contributed by atoms with E-state index in [4.69, 9.17) is 5.73 Å². The first-order valence-corrected chi connectivity index (χ1v) is 9.93. The average Bonchev–Trinajstić information content (AvgIpc) is 3.13. The second-order valence-corrected chi connectivity index (χ2v) is 7.56. The quantitative estimate of drug-likeness (QED) is 0.501. The number of rotatable bonds is 3. The first-order valence-electron chi connectivity index (χ1n) is 9.93. The van der Waals surface area contributed by atoms with Crippen LogP contribution in [-0.2, 0) is 11.7 Å². The molecule has 0 amide bonds. The Labute approximate surface area is 182 Å². The van der Waals surface area contributed by atoms with Crippen molar-refractivity contribution in [3.05, 3.63) is 114 Å². The fourth-order valence-electron chi connectivity index (χ4n) is 4.29. The lowest BCUT2D eigenvalue weighted by Crippen LogP contribution is -2.42. The minimum Gasteiger partial charge on any atom is -0.311 e. The summed E-state index contributed by atoms with van der Waals surface area (Å²) >= 11 is 0. The topological polar surface area (TPSA) is 76.7 Å². The molecule has 5 rings (SSSR count). The van der Waals surface area contributed by atoms with Crippen molar-refractivity contribution in [3.8, 4) is 11.1 Å². The van der Waals surface area contributed by atoms with Crippen LogP contribution in [0, 0.1) is 0 Å². The number of hydrogen-bond acceptors (Lipinski definition) is 5. The van der Waals surface area contributed by atoms with E-state index in [1.54, 1.807) is 30.7 Å². The van der Waals surface area contributed by atoms with E-state index in [0.717, 1.165) is 22.8 Å². The molecular formula is C24H18F3N5. The Morgan fingerprint density at radius 2 is 1.62 bits per heavy atom. The molecule has 0 fully saturated rings. The van der Waals surface area contributed by atoms with Crippen LogP contribution in [0.1, 0.15) is 34.2 Å². The lowest BCUT2D eigenvalue weighted by atomic mass is 9.78. The Morgan fingerprint density at radius 3 is 2.41 bits per heavy atom. The zero-order valence-electron chi connectivity index (χ0n) is 16.7. The Morgan fingerprint density at radius 1 is 0.844 bits per heavy atom. The van der Waals surface area contributed by atoms with Gasteiger partial charge in [0.15, 0.2) is 0 Å². The lowest BCUT2D eigenvalue weighted by Gasteiger charge is -2.33. The predicted molar refractivity (Wildman–Crippen MR) is 113 cm³/mol. The van der Waals surface area contributed by atoms with Gasteiger partial charge in [0.05, 0.1) is 11.2 Å². The van der Waals surface area contributed by atoms with Crippen molar-refractivity contribution in [2.45, 2.75) is 17.9 Å². The third kappa shape index (κ3) is 3.24. The molecule has 0 bridgehead atoms. The lowest BCUT2D eigenvalue weighted by molar-refractivity contribution is -0.141. The molecule has 8 heteroatoms. The van der Waals surface area contributed by atoms with Gasteiger partial charge in [-0.1, -0.05) is 30.3 Å². The maximum atomic E-state index is 13.5. The number of pyridine rings is 3. The minimum atomic E-state index is -4.58. The molecule has 3 N–H and O–H groups in total. The van der Waals surface area contributed by atoms with Crippen LogP contribution >= 0.6 is 0 Å². The zero-order valence-corrected chi connectivity index (χ0v) is 16.7. The second kappa shape index (κ2) is 7.51. The summed E-state index contributed by atoms with van der Waals surface area (Å²) in [5.74, 6) is 0. The second-order valence-electron chi connectivity index (χ2n) is 7.56. The van der Waals surface area contributed by atoms with Crippen LogP contribution < -0.4 is 11.1 Å². The molecular weight excluding hydrogens is 415 g/mol. The van der Waals surface area contributed by atoms with Crippen molar-refractivity contribution in [2.75, 3.05) is 0 Å². The highest BCUT2D eigenvalue weighted by Crippen LogP contribution is 2.46. The summed E-state index contributed by atoms with van der Waals surface area (Å²) in [5.41, 5.74) is 8.43. The Bertz CT molecular complexity index is 1280. The molecule has 0 aliphatic carbocycles. The Balaban J connectivity index is 1.78. The van der Waals surface area contributed by atoms with Gasteiger partial charge >= 0.3 is 6.18 Å². The number of nitrogens with zero attached hydrogens (tertiary/aromatic N) is 3. The average molecular weight is 433 g/mol. The molecule has 5 nitrogen and oxygen atoms in total. The molecule has 1 aliphatic rings. The van der Waals surface area contributed by atoms with Crippen molar-refractivity contribution < 1.29 is 13.2 Å². The van der Waals surface area contributed by atoms with Crippen molar-refractivity contribution >= 4 is 0 Å². The maximum Gasteiger partial charge on any atom is 0.433 e. The van der Waals surface area contributed by atoms with E-state index in [9.17, 15) is 13.2 Å². The van der Waals surface area contributed by atoms with Crippen LogP contribution in [0.4, 0.5) is 13.2 Å². The smallest absolute Gasteiger partial charge is 0.311 e. The number of fused-ring (bicyclic) bond motifs is 1. The molecule has 4 aromatic rings. The zero-order chi connectivity index (χ0) is 22.3. The molecule has 0 saturated carbocycles. The van der Waals surface area contributed by atoms with Gasteiger partial charge in [0.2, 0.25) is 0 Å². The van der Waals surface area contributed by atoms with Gasteiger partial charge in [-0.2, -0.15) is 13.2 Å². The van der Waals surface area contributed by atoms with Gasteiger partial charge < -0.3 is 5.73 Å². The molecule has 1 aliphatic heterocycles. The molecule has 3 aromatic heterocycles. The summed E-state index contributed by atoms with van der Waals surface area (Å²) in [5, 5.41) is 3.33. The van der Waals surface area contributed by atoms with Gasteiger partial charge in [-0.05, 0) is 52.6 Å². The van der Waals surface area contributed by atoms with Gasteiger partial charge in [0, 0.05) is 30.4 Å². The molecule has 2 atom stereocenters. The maximum absolute atomic E-state index is 13.5. The SMILES string of the molecule is NC1NC(c2cccc(-c3cccnc3)c2)(c2ccnc(C(F)(F)F)c2)c2cccnc21. The third-order valence-corrected chi connectivity index (χ3v) is 5.68. The standard InChI is InChI=1S/C24H18F3N5/c25-24(26,27)20-13-18(8-11-30-20)23(19-7-3-10-31-21(19)22(28)32-23)17-6-1-4-15(12-17)16-5-2-9-29-14-16/h1-14,22,32H,28H2. The molecule has 1 aromatic carbocycles. The Hall–Kier alpha value is -3.62. The normalized spacial score (nSPS) is 20.2. The van der Waals surface area contributed by atoms with Crippen LogP contribution in [0.3, 0.4) is 0 Å². The largest absolute Gasteiger partial charge is 0.433 e. The van der Waals surface area contributed by atoms with Gasteiger partial charge in [-0.15, -0.1) is 0 Å². The van der Waals surface area contributed by atoms with E-state index in [1.807, 2.05) is 42.5 Å². The van der Waals surface area contributed by atoms with Gasteiger partial charge in [-0.3, -0.25) is 20.3 Å². The van der Waals surface area contributed by atoms with Gasteiger partial charge in [0.25, 0.3) is 0 Å². The monoisotopic (exact) mass is 433 g/mol. The fraction of sp³-hybridized carbons (Fsp3) is 0.125. The summed E-state index contributed by atoms with van der Waals surface area (Å²) < 4.78 is 40.5. The summed E-state index contributed by atoms with van der Waals surface area (Å²) in [6.45, 7) is 0. The number of nitrogens with two attached hydrogens (primary N) is 1. The molecule has 0 radical (unpaired) electrons. The summed E-state index contributed by atoms with van der Waals surface area (Å²) in [4.78, 5) is 12.1. The highest BCUT2D eigenvalue weighted by Gasteiger charge is 2.47. The highest BCUT2D eigenvalue weighted by atomic mass is 19.4. The van der Waals surface area contributed by atoms with Crippen LogP contribution in [0.2, 0.25) is 0 Å². The van der Waals surface area contributed by atoms with Crippen molar-refractivity contribution in [1.82, 2.24) is 20.3 Å². The van der Waals surface area contributed by atoms with E-state index >= 15 is 0 Å². The van der Waals surface area contributed by atoms with E-state index in [1.165, 1.54) is 6.20 Å². The number of aromatic nitrogens is 3. The molecule has 4 heterocycles. The highest BCUT2D eigenvalue weighted by molar-refractivity contribution is 5.66. The summed E-state index contributed by atoms with van der Waals surface area (Å²) in [7, 11) is 0. The van der Waals surface area contributed by atoms with E-state index in [0.29, 0.717) is 16.8 Å². The third-order valence-electron chi connectivity index (χ3n) is 5.68. The minimum absolute atomic E-state index is 0.380. The molecule has 32 heavy (non-hydrogen) atoms.